The average Bonchev–Trinajstić information content (AvgIpc) is 2.98. The first kappa shape index (κ1) is 20.2. The second-order valence-electron chi connectivity index (χ2n) is 8.25. The van der Waals surface area contributed by atoms with Crippen LogP contribution in [0.3, 0.4) is 0 Å². The molecule has 1 aromatic carbocycles. The zero-order chi connectivity index (χ0) is 20.1. The highest BCUT2D eigenvalue weighted by Crippen LogP contribution is 2.21. The van der Waals surface area contributed by atoms with Crippen LogP contribution in [0.15, 0.2) is 29.4 Å². The summed E-state index contributed by atoms with van der Waals surface area (Å²) in [6.07, 6.45) is 1.45. The fraction of sp³-hybridized carbons (Fsp3) is 0.571. The molecule has 150 valence electrons. The van der Waals surface area contributed by atoms with Gasteiger partial charge in [0.2, 0.25) is 0 Å². The number of ether oxygens (including phenoxy) is 1. The fourth-order valence-corrected chi connectivity index (χ4v) is 3.38. The maximum Gasteiger partial charge on any atom is 0.410 e. The number of hydrogen-bond donors (Lipinski definition) is 0. The SMILES string of the molecule is [C-]#[N+]c1ccc(C2=NOC(CN3CCCN(C(=O)OC(C)(C)C)CC3)C2)cc1. The summed E-state index contributed by atoms with van der Waals surface area (Å²) in [6, 6.07) is 7.45. The molecular weight excluding hydrogens is 356 g/mol. The quantitative estimate of drug-likeness (QED) is 0.746. The van der Waals surface area contributed by atoms with Crippen LogP contribution in [0.4, 0.5) is 10.5 Å². The Hall–Kier alpha value is -2.59. The molecule has 1 fully saturated rings. The molecule has 1 amide bonds. The van der Waals surface area contributed by atoms with Crippen LogP contribution in [0.25, 0.3) is 4.85 Å². The third-order valence-corrected chi connectivity index (χ3v) is 4.76. The van der Waals surface area contributed by atoms with Crippen LogP contribution in [0.2, 0.25) is 0 Å². The van der Waals surface area contributed by atoms with Gasteiger partial charge in [-0.25, -0.2) is 9.64 Å². The van der Waals surface area contributed by atoms with E-state index in [-0.39, 0.29) is 12.2 Å². The van der Waals surface area contributed by atoms with Gasteiger partial charge in [-0.2, -0.15) is 0 Å². The van der Waals surface area contributed by atoms with Crippen molar-refractivity contribution in [3.05, 3.63) is 41.2 Å². The van der Waals surface area contributed by atoms with Crippen molar-refractivity contribution in [2.75, 3.05) is 32.7 Å². The number of carbonyl (C=O) groups is 1. The molecule has 0 spiro atoms. The molecule has 3 rings (SSSR count). The number of benzene rings is 1. The number of hydrogen-bond acceptors (Lipinski definition) is 5. The number of nitrogens with zero attached hydrogens (tertiary/aromatic N) is 4. The van der Waals surface area contributed by atoms with Crippen molar-refractivity contribution >= 4 is 17.5 Å². The predicted molar refractivity (Wildman–Crippen MR) is 108 cm³/mol. The number of oxime groups is 1. The molecule has 0 aromatic heterocycles. The summed E-state index contributed by atoms with van der Waals surface area (Å²) in [5.41, 5.74) is 2.08. The smallest absolute Gasteiger partial charge is 0.410 e. The molecular formula is C21H28N4O3. The lowest BCUT2D eigenvalue weighted by Crippen LogP contribution is -2.40. The molecule has 1 saturated heterocycles. The van der Waals surface area contributed by atoms with Crippen LogP contribution in [-0.4, -0.2) is 66.0 Å². The van der Waals surface area contributed by atoms with Gasteiger partial charge < -0.3 is 14.5 Å². The molecule has 7 nitrogen and oxygen atoms in total. The van der Waals surface area contributed by atoms with Gasteiger partial charge in [-0.1, -0.05) is 29.4 Å². The highest BCUT2D eigenvalue weighted by molar-refractivity contribution is 6.01. The van der Waals surface area contributed by atoms with Crippen molar-refractivity contribution in [3.63, 3.8) is 0 Å². The van der Waals surface area contributed by atoms with E-state index in [1.54, 1.807) is 17.0 Å². The van der Waals surface area contributed by atoms with E-state index in [9.17, 15) is 4.79 Å². The summed E-state index contributed by atoms with van der Waals surface area (Å²) in [6.45, 7) is 16.6. The van der Waals surface area contributed by atoms with Crippen molar-refractivity contribution in [1.82, 2.24) is 9.80 Å². The highest BCUT2D eigenvalue weighted by Gasteiger charge is 2.28. The Bertz CT molecular complexity index is 761. The monoisotopic (exact) mass is 384 g/mol. The lowest BCUT2D eigenvalue weighted by molar-refractivity contribution is 0.0249. The second kappa shape index (κ2) is 8.61. The molecule has 1 unspecified atom stereocenters. The molecule has 1 aromatic rings. The molecule has 0 radical (unpaired) electrons. The molecule has 1 atom stereocenters. The van der Waals surface area contributed by atoms with E-state index in [0.29, 0.717) is 18.8 Å². The molecule has 0 saturated carbocycles. The van der Waals surface area contributed by atoms with Gasteiger partial charge in [0.1, 0.15) is 11.7 Å². The van der Waals surface area contributed by atoms with Gasteiger partial charge in [0.15, 0.2) is 5.69 Å². The standard InChI is InChI=1S/C21H28N4O3/c1-21(2,3)27-20(26)25-11-5-10-24(12-13-25)15-18-14-19(23-28-18)16-6-8-17(22-4)9-7-16/h6-9,18H,5,10-15H2,1-3H3. The fourth-order valence-electron chi connectivity index (χ4n) is 3.38. The summed E-state index contributed by atoms with van der Waals surface area (Å²) in [5.74, 6) is 0. The van der Waals surface area contributed by atoms with Gasteiger partial charge in [0.05, 0.1) is 12.3 Å². The number of rotatable bonds is 3. The van der Waals surface area contributed by atoms with Gasteiger partial charge >= 0.3 is 6.09 Å². The van der Waals surface area contributed by atoms with Crippen molar-refractivity contribution in [2.24, 2.45) is 5.16 Å². The molecule has 0 aliphatic carbocycles. The zero-order valence-electron chi connectivity index (χ0n) is 16.9. The lowest BCUT2D eigenvalue weighted by atomic mass is 10.0. The van der Waals surface area contributed by atoms with Crippen LogP contribution in [0, 0.1) is 6.57 Å². The summed E-state index contributed by atoms with van der Waals surface area (Å²) in [4.78, 5) is 25.5. The van der Waals surface area contributed by atoms with E-state index in [1.807, 2.05) is 32.9 Å². The lowest BCUT2D eigenvalue weighted by Gasteiger charge is -2.26. The summed E-state index contributed by atoms with van der Waals surface area (Å²) in [5, 5.41) is 4.24. The Morgan fingerprint density at radius 2 is 2.00 bits per heavy atom. The van der Waals surface area contributed by atoms with Gasteiger partial charge in [0, 0.05) is 39.1 Å². The van der Waals surface area contributed by atoms with E-state index in [0.717, 1.165) is 43.8 Å². The maximum absolute atomic E-state index is 12.3. The largest absolute Gasteiger partial charge is 0.444 e. The van der Waals surface area contributed by atoms with Gasteiger partial charge in [-0.15, -0.1) is 0 Å². The van der Waals surface area contributed by atoms with Gasteiger partial charge in [0.25, 0.3) is 0 Å². The molecule has 2 aliphatic rings. The van der Waals surface area contributed by atoms with Crippen LogP contribution in [0.1, 0.15) is 39.2 Å². The van der Waals surface area contributed by atoms with Crippen LogP contribution < -0.4 is 0 Å². The topological polar surface area (TPSA) is 58.7 Å². The molecule has 28 heavy (non-hydrogen) atoms. The Balaban J connectivity index is 1.48. The molecule has 2 heterocycles. The normalized spacial score (nSPS) is 20.7. The molecule has 7 heteroatoms. The third-order valence-electron chi connectivity index (χ3n) is 4.76. The average molecular weight is 384 g/mol. The first-order valence-corrected chi connectivity index (χ1v) is 9.75. The third kappa shape index (κ3) is 5.46. The van der Waals surface area contributed by atoms with Crippen LogP contribution >= 0.6 is 0 Å². The Kier molecular flexibility index (Phi) is 6.20. The maximum atomic E-state index is 12.3. The highest BCUT2D eigenvalue weighted by atomic mass is 16.6. The van der Waals surface area contributed by atoms with Crippen molar-refractivity contribution < 1.29 is 14.4 Å². The summed E-state index contributed by atoms with van der Waals surface area (Å²) < 4.78 is 5.49. The Morgan fingerprint density at radius 3 is 2.68 bits per heavy atom. The van der Waals surface area contributed by atoms with Crippen LogP contribution in [0.5, 0.6) is 0 Å². The van der Waals surface area contributed by atoms with Crippen LogP contribution in [-0.2, 0) is 9.57 Å². The van der Waals surface area contributed by atoms with E-state index < -0.39 is 5.60 Å². The molecule has 2 aliphatic heterocycles. The van der Waals surface area contributed by atoms with E-state index in [2.05, 4.69) is 14.9 Å². The number of amides is 1. The summed E-state index contributed by atoms with van der Waals surface area (Å²) >= 11 is 0. The Labute approximate surface area is 166 Å². The van der Waals surface area contributed by atoms with E-state index >= 15 is 0 Å². The van der Waals surface area contributed by atoms with Crippen molar-refractivity contribution in [1.29, 1.82) is 0 Å². The van der Waals surface area contributed by atoms with Crippen molar-refractivity contribution in [2.45, 2.75) is 45.3 Å². The van der Waals surface area contributed by atoms with Crippen molar-refractivity contribution in [3.8, 4) is 0 Å². The van der Waals surface area contributed by atoms with E-state index in [1.165, 1.54) is 0 Å². The Morgan fingerprint density at radius 1 is 1.25 bits per heavy atom. The predicted octanol–water partition coefficient (Wildman–Crippen LogP) is 3.67. The molecule has 0 N–H and O–H groups in total. The minimum absolute atomic E-state index is 0.0172. The second-order valence-corrected chi connectivity index (χ2v) is 8.25. The number of carbonyl (C=O) groups excluding carboxylic acids is 1. The first-order chi connectivity index (χ1) is 13.3. The van der Waals surface area contributed by atoms with E-state index in [4.69, 9.17) is 16.1 Å². The summed E-state index contributed by atoms with van der Waals surface area (Å²) in [7, 11) is 0. The van der Waals surface area contributed by atoms with Gasteiger partial charge in [-0.3, -0.25) is 4.90 Å². The minimum Gasteiger partial charge on any atom is -0.444 e. The first-order valence-electron chi connectivity index (χ1n) is 9.75. The zero-order valence-corrected chi connectivity index (χ0v) is 16.9. The molecule has 0 bridgehead atoms. The minimum atomic E-state index is -0.471. The van der Waals surface area contributed by atoms with Gasteiger partial charge in [-0.05, 0) is 32.8 Å².